The molecule has 4 fully saturated rings. The Balaban J connectivity index is 0.000000599. The number of hydrogen-bond acceptors (Lipinski definition) is 7. The third-order valence-corrected chi connectivity index (χ3v) is 10.6. The number of aliphatic hydroxyl groups excluding tert-OH is 1. The number of nitrogens with two attached hydrogens (primary N) is 1. The van der Waals surface area contributed by atoms with Gasteiger partial charge in [0.2, 0.25) is 0 Å². The number of carbonyl (C=O) groups is 2. The van der Waals surface area contributed by atoms with E-state index in [-0.39, 0.29) is 16.9 Å². The molecule has 6 N–H and O–H groups in total. The standard InChI is InChI=1S/C27H46N2O3.C2H2O4/c1-19(18-29-32-15-5-4-14-28)16-21-8-13-27(31)24-7-6-20-17-22(30)9-11-25(20,2)23(24)10-12-26(21,27)3;3-1(4)2(5)6/h16,18,20-24,30-31H,4-15,17,28H2,1-3H3;(H,3,4)(H,5,6)/b19-16+,29-18+;/t20-,21-,22+,23+,24-,25+,26-,27+;/m1./s1. The van der Waals surface area contributed by atoms with Crippen LogP contribution in [0, 0.1) is 34.5 Å². The van der Waals surface area contributed by atoms with Crippen molar-refractivity contribution in [2.75, 3.05) is 13.2 Å². The summed E-state index contributed by atoms with van der Waals surface area (Å²) in [5.74, 6) is -1.64. The number of oxime groups is 1. The summed E-state index contributed by atoms with van der Waals surface area (Å²) in [6.45, 7) is 8.23. The Bertz CT molecular complexity index is 895. The average molecular weight is 537 g/mol. The Morgan fingerprint density at radius 2 is 1.71 bits per heavy atom. The first kappa shape index (κ1) is 30.6. The van der Waals surface area contributed by atoms with Gasteiger partial charge in [0, 0.05) is 5.41 Å². The number of nitrogens with zero attached hydrogens (tertiary/aromatic N) is 1. The van der Waals surface area contributed by atoms with Crippen LogP contribution in [-0.2, 0) is 14.4 Å². The zero-order valence-electron chi connectivity index (χ0n) is 23.3. The van der Waals surface area contributed by atoms with Gasteiger partial charge >= 0.3 is 11.9 Å². The molecule has 0 amide bonds. The Morgan fingerprint density at radius 1 is 1.00 bits per heavy atom. The second-order valence-corrected chi connectivity index (χ2v) is 12.5. The number of hydrogen-bond donors (Lipinski definition) is 5. The minimum Gasteiger partial charge on any atom is -0.473 e. The fraction of sp³-hybridized carbons (Fsp3) is 0.828. The number of unbranched alkanes of at least 4 members (excludes halogenated alkanes) is 1. The topological polar surface area (TPSA) is 163 Å². The summed E-state index contributed by atoms with van der Waals surface area (Å²) in [7, 11) is 0. The summed E-state index contributed by atoms with van der Waals surface area (Å²) in [5, 5.41) is 41.4. The van der Waals surface area contributed by atoms with Crippen LogP contribution in [0.1, 0.15) is 91.4 Å². The first-order valence-electron chi connectivity index (χ1n) is 14.3. The van der Waals surface area contributed by atoms with Crippen LogP contribution in [0.15, 0.2) is 16.8 Å². The third-order valence-electron chi connectivity index (χ3n) is 10.6. The molecule has 0 unspecified atom stereocenters. The lowest BCUT2D eigenvalue weighted by atomic mass is 9.43. The maximum absolute atomic E-state index is 12.3. The number of allylic oxidation sites excluding steroid dienone is 2. The van der Waals surface area contributed by atoms with Gasteiger partial charge in [-0.1, -0.05) is 25.1 Å². The second kappa shape index (κ2) is 12.5. The zero-order chi connectivity index (χ0) is 28.1. The number of carboxylic acids is 2. The molecule has 0 bridgehead atoms. The maximum atomic E-state index is 12.3. The van der Waals surface area contributed by atoms with Gasteiger partial charge in [-0.15, -0.1) is 0 Å². The smallest absolute Gasteiger partial charge is 0.414 e. The van der Waals surface area contributed by atoms with Crippen LogP contribution in [0.4, 0.5) is 0 Å². The number of aliphatic carboxylic acids is 2. The molecule has 0 aliphatic heterocycles. The summed E-state index contributed by atoms with van der Waals surface area (Å²) in [6, 6.07) is 0. The van der Waals surface area contributed by atoms with Gasteiger partial charge in [-0.05, 0) is 119 Å². The third kappa shape index (κ3) is 6.10. The monoisotopic (exact) mass is 536 g/mol. The molecular formula is C29H48N2O7. The van der Waals surface area contributed by atoms with Gasteiger partial charge in [0.05, 0.1) is 17.9 Å². The summed E-state index contributed by atoms with van der Waals surface area (Å²) in [5.41, 5.74) is 6.28. The molecule has 0 radical (unpaired) electrons. The molecule has 0 saturated heterocycles. The van der Waals surface area contributed by atoms with Gasteiger partial charge in [-0.3, -0.25) is 0 Å². The molecule has 4 aliphatic carbocycles. The molecule has 4 aliphatic rings. The van der Waals surface area contributed by atoms with E-state index >= 15 is 0 Å². The average Bonchev–Trinajstić information content (AvgIpc) is 3.12. The number of rotatable bonds is 7. The van der Waals surface area contributed by atoms with E-state index in [4.69, 9.17) is 30.4 Å². The predicted molar refractivity (Wildman–Crippen MR) is 144 cm³/mol. The van der Waals surface area contributed by atoms with Crippen molar-refractivity contribution in [2.45, 2.75) is 103 Å². The molecule has 4 saturated carbocycles. The zero-order valence-corrected chi connectivity index (χ0v) is 23.3. The van der Waals surface area contributed by atoms with E-state index in [2.05, 4.69) is 32.0 Å². The quantitative estimate of drug-likeness (QED) is 0.141. The van der Waals surface area contributed by atoms with Crippen molar-refractivity contribution in [1.82, 2.24) is 0 Å². The van der Waals surface area contributed by atoms with Crippen LogP contribution in [0.3, 0.4) is 0 Å². The van der Waals surface area contributed by atoms with Gasteiger partial charge in [-0.25, -0.2) is 9.59 Å². The highest BCUT2D eigenvalue weighted by Crippen LogP contribution is 2.69. The molecule has 8 atom stereocenters. The molecule has 4 rings (SSSR count). The molecule has 0 spiro atoms. The highest BCUT2D eigenvalue weighted by molar-refractivity contribution is 6.27. The fourth-order valence-corrected chi connectivity index (χ4v) is 8.36. The lowest BCUT2D eigenvalue weighted by molar-refractivity contribution is -0.207. The van der Waals surface area contributed by atoms with Crippen LogP contribution in [-0.4, -0.2) is 63.4 Å². The highest BCUT2D eigenvalue weighted by atomic mass is 16.6. The van der Waals surface area contributed by atoms with Crippen LogP contribution < -0.4 is 5.73 Å². The van der Waals surface area contributed by atoms with Crippen LogP contribution in [0.25, 0.3) is 0 Å². The Morgan fingerprint density at radius 3 is 2.37 bits per heavy atom. The Hall–Kier alpha value is -1.97. The van der Waals surface area contributed by atoms with Gasteiger partial charge in [0.25, 0.3) is 0 Å². The molecule has 0 aromatic rings. The van der Waals surface area contributed by atoms with Gasteiger partial charge in [-0.2, -0.15) is 0 Å². The number of carboxylic acid groups (broad SMARTS) is 2. The molecule has 38 heavy (non-hydrogen) atoms. The van der Waals surface area contributed by atoms with Gasteiger partial charge in [0.1, 0.15) is 6.61 Å². The summed E-state index contributed by atoms with van der Waals surface area (Å²) < 4.78 is 0. The van der Waals surface area contributed by atoms with E-state index in [9.17, 15) is 10.2 Å². The van der Waals surface area contributed by atoms with Crippen molar-refractivity contribution < 1.29 is 34.9 Å². The van der Waals surface area contributed by atoms with Crippen LogP contribution >= 0.6 is 0 Å². The molecule has 0 aromatic heterocycles. The van der Waals surface area contributed by atoms with E-state index in [0.717, 1.165) is 63.4 Å². The highest BCUT2D eigenvalue weighted by Gasteiger charge is 2.66. The lowest BCUT2D eigenvalue weighted by Crippen LogP contribution is -2.62. The van der Waals surface area contributed by atoms with Crippen LogP contribution in [0.2, 0.25) is 0 Å². The van der Waals surface area contributed by atoms with Gasteiger partial charge in [0.15, 0.2) is 0 Å². The summed E-state index contributed by atoms with van der Waals surface area (Å²) in [4.78, 5) is 23.6. The Kier molecular flexibility index (Phi) is 10.0. The Labute approximate surface area is 226 Å². The predicted octanol–water partition coefficient (Wildman–Crippen LogP) is 3.96. The first-order chi connectivity index (χ1) is 17.9. The van der Waals surface area contributed by atoms with Crippen LogP contribution in [0.5, 0.6) is 0 Å². The fourth-order valence-electron chi connectivity index (χ4n) is 8.36. The summed E-state index contributed by atoms with van der Waals surface area (Å²) in [6.07, 6.45) is 15.5. The van der Waals surface area contributed by atoms with Crippen molar-refractivity contribution in [3.8, 4) is 0 Å². The summed E-state index contributed by atoms with van der Waals surface area (Å²) >= 11 is 0. The molecule has 0 heterocycles. The van der Waals surface area contributed by atoms with E-state index in [1.165, 1.54) is 12.8 Å². The molecule has 9 nitrogen and oxygen atoms in total. The lowest BCUT2D eigenvalue weighted by Gasteiger charge is -2.63. The molecule has 0 aromatic carbocycles. The maximum Gasteiger partial charge on any atom is 0.414 e. The number of aliphatic hydroxyl groups is 2. The van der Waals surface area contributed by atoms with Crippen molar-refractivity contribution in [3.05, 3.63) is 11.6 Å². The van der Waals surface area contributed by atoms with Crippen molar-refractivity contribution >= 4 is 18.2 Å². The van der Waals surface area contributed by atoms with E-state index in [1.54, 1.807) is 0 Å². The number of fused-ring (bicyclic) bond motifs is 5. The van der Waals surface area contributed by atoms with E-state index in [1.807, 2.05) is 6.21 Å². The first-order valence-corrected chi connectivity index (χ1v) is 14.3. The van der Waals surface area contributed by atoms with E-state index in [0.29, 0.717) is 36.8 Å². The van der Waals surface area contributed by atoms with E-state index < -0.39 is 17.5 Å². The van der Waals surface area contributed by atoms with Gasteiger partial charge < -0.3 is 31.0 Å². The largest absolute Gasteiger partial charge is 0.473 e. The molecule has 9 heteroatoms. The van der Waals surface area contributed by atoms with Crippen molar-refractivity contribution in [1.29, 1.82) is 0 Å². The molecular weight excluding hydrogens is 488 g/mol. The van der Waals surface area contributed by atoms with Crippen molar-refractivity contribution in [2.24, 2.45) is 45.4 Å². The minimum atomic E-state index is -1.82. The molecule has 216 valence electrons. The minimum absolute atomic E-state index is 0.0668. The van der Waals surface area contributed by atoms with Crippen molar-refractivity contribution in [3.63, 3.8) is 0 Å². The second-order valence-electron chi connectivity index (χ2n) is 12.5. The SMILES string of the molecule is CC(/C=N/OCCCCN)=C\[C@H]1CC[C@]2(O)[C@@H]3CC[C@@H]4C[C@@H](O)CC[C@]4(C)[C@H]3CC[C@]12C.O=C(O)C(=O)O. The normalized spacial score (nSPS) is 40.4.